The van der Waals surface area contributed by atoms with E-state index in [2.05, 4.69) is 10.2 Å². The highest BCUT2D eigenvalue weighted by molar-refractivity contribution is 6.42. The lowest BCUT2D eigenvalue weighted by atomic mass is 10.0. The first-order valence-electron chi connectivity index (χ1n) is 7.72. The molecule has 1 N–H and O–H groups in total. The molecule has 26 heavy (non-hydrogen) atoms. The number of carboxylic acids is 1. The van der Waals surface area contributed by atoms with Crippen molar-refractivity contribution >= 4 is 29.2 Å². The SMILES string of the molecule is CCn1c(Cn2nccn2)cc(=O)c(C(=O)O)c1-c1ccc(Cl)c(Cl)c1. The summed E-state index contributed by atoms with van der Waals surface area (Å²) >= 11 is 12.1. The summed E-state index contributed by atoms with van der Waals surface area (Å²) in [5, 5.41) is 18.3. The summed E-state index contributed by atoms with van der Waals surface area (Å²) in [6, 6.07) is 6.05. The van der Waals surface area contributed by atoms with Gasteiger partial charge in [-0.3, -0.25) is 4.79 Å². The van der Waals surface area contributed by atoms with Gasteiger partial charge in [0.05, 0.1) is 28.1 Å². The summed E-state index contributed by atoms with van der Waals surface area (Å²) in [5.74, 6) is -1.30. The second-order valence-corrected chi connectivity index (χ2v) is 6.28. The number of carbonyl (C=O) groups is 1. The number of nitrogens with zero attached hydrogens (tertiary/aromatic N) is 4. The first-order chi connectivity index (χ1) is 12.4. The van der Waals surface area contributed by atoms with Gasteiger partial charge < -0.3 is 9.67 Å². The van der Waals surface area contributed by atoms with Gasteiger partial charge in [-0.2, -0.15) is 15.0 Å². The fourth-order valence-corrected chi connectivity index (χ4v) is 3.11. The van der Waals surface area contributed by atoms with Gasteiger partial charge in [0.2, 0.25) is 0 Å². The zero-order chi connectivity index (χ0) is 18.8. The molecule has 2 heterocycles. The van der Waals surface area contributed by atoms with Crippen molar-refractivity contribution in [1.29, 1.82) is 0 Å². The maximum absolute atomic E-state index is 12.5. The average molecular weight is 393 g/mol. The van der Waals surface area contributed by atoms with E-state index in [9.17, 15) is 14.7 Å². The highest BCUT2D eigenvalue weighted by Gasteiger charge is 2.22. The Kier molecular flexibility index (Phi) is 5.11. The number of aromatic nitrogens is 4. The molecule has 0 aliphatic carbocycles. The lowest BCUT2D eigenvalue weighted by Gasteiger charge is -2.19. The maximum atomic E-state index is 12.5. The smallest absolute Gasteiger partial charge is 0.341 e. The molecule has 0 unspecified atom stereocenters. The molecule has 9 heteroatoms. The number of halogens is 2. The Balaban J connectivity index is 2.31. The summed E-state index contributed by atoms with van der Waals surface area (Å²) < 4.78 is 1.74. The van der Waals surface area contributed by atoms with E-state index >= 15 is 0 Å². The number of carboxylic acid groups (broad SMARTS) is 1. The largest absolute Gasteiger partial charge is 0.477 e. The quantitative estimate of drug-likeness (QED) is 0.719. The third kappa shape index (κ3) is 3.36. The summed E-state index contributed by atoms with van der Waals surface area (Å²) in [5.41, 5.74) is 0.437. The first-order valence-corrected chi connectivity index (χ1v) is 8.47. The Morgan fingerprint density at radius 3 is 2.42 bits per heavy atom. The molecule has 0 aliphatic heterocycles. The molecule has 1 aromatic carbocycles. The van der Waals surface area contributed by atoms with E-state index in [4.69, 9.17) is 23.2 Å². The second-order valence-electron chi connectivity index (χ2n) is 5.46. The number of pyridine rings is 1. The second kappa shape index (κ2) is 7.31. The molecule has 7 nitrogen and oxygen atoms in total. The summed E-state index contributed by atoms with van der Waals surface area (Å²) in [7, 11) is 0. The number of rotatable bonds is 5. The average Bonchev–Trinajstić information content (AvgIpc) is 3.09. The van der Waals surface area contributed by atoms with Crippen molar-refractivity contribution in [2.45, 2.75) is 20.0 Å². The van der Waals surface area contributed by atoms with Crippen LogP contribution in [0.15, 0.2) is 41.5 Å². The van der Waals surface area contributed by atoms with Crippen molar-refractivity contribution in [3.8, 4) is 11.3 Å². The highest BCUT2D eigenvalue weighted by Crippen LogP contribution is 2.30. The normalized spacial score (nSPS) is 10.9. The van der Waals surface area contributed by atoms with Gasteiger partial charge in [0.15, 0.2) is 5.43 Å². The Labute approximate surface area is 158 Å². The topological polar surface area (TPSA) is 90.0 Å². The van der Waals surface area contributed by atoms with Crippen LogP contribution in [0.5, 0.6) is 0 Å². The van der Waals surface area contributed by atoms with Gasteiger partial charge in [0.25, 0.3) is 0 Å². The van der Waals surface area contributed by atoms with Crippen molar-refractivity contribution in [3.05, 3.63) is 68.2 Å². The minimum atomic E-state index is -1.30. The van der Waals surface area contributed by atoms with E-state index in [-0.39, 0.29) is 22.8 Å². The van der Waals surface area contributed by atoms with E-state index in [1.54, 1.807) is 22.8 Å². The van der Waals surface area contributed by atoms with Gasteiger partial charge >= 0.3 is 5.97 Å². The third-order valence-corrected chi connectivity index (χ3v) is 4.63. The van der Waals surface area contributed by atoms with Crippen LogP contribution in [0.1, 0.15) is 23.0 Å². The fraction of sp³-hybridized carbons (Fsp3) is 0.176. The Bertz CT molecular complexity index is 1030. The molecular formula is C17H14Cl2N4O3. The molecule has 0 atom stereocenters. The van der Waals surface area contributed by atoms with Gasteiger partial charge in [-0.05, 0) is 19.1 Å². The van der Waals surface area contributed by atoms with E-state index in [1.165, 1.54) is 23.3 Å². The molecule has 3 aromatic rings. The molecule has 0 saturated carbocycles. The molecule has 0 fully saturated rings. The molecule has 2 aromatic heterocycles. The van der Waals surface area contributed by atoms with Crippen LogP contribution in [0.25, 0.3) is 11.3 Å². The zero-order valence-corrected chi connectivity index (χ0v) is 15.2. The third-order valence-electron chi connectivity index (χ3n) is 3.89. The lowest BCUT2D eigenvalue weighted by Crippen LogP contribution is -2.24. The monoisotopic (exact) mass is 392 g/mol. The van der Waals surface area contributed by atoms with Crippen LogP contribution in [-0.4, -0.2) is 30.6 Å². The van der Waals surface area contributed by atoms with Gasteiger partial charge in [0, 0.05) is 23.9 Å². The first kappa shape index (κ1) is 18.2. The number of hydrogen-bond acceptors (Lipinski definition) is 4. The van der Waals surface area contributed by atoms with E-state index in [0.29, 0.717) is 22.8 Å². The van der Waals surface area contributed by atoms with Gasteiger partial charge in [-0.1, -0.05) is 29.3 Å². The standard InChI is InChI=1S/C17H14Cl2N4O3/c1-2-22-11(9-23-20-5-6-21-23)8-14(24)15(17(25)26)16(22)10-3-4-12(18)13(19)7-10/h3-8H,2,9H2,1H3,(H,25,26). The summed E-state index contributed by atoms with van der Waals surface area (Å²) in [4.78, 5) is 25.7. The Morgan fingerprint density at radius 2 is 1.85 bits per heavy atom. The summed E-state index contributed by atoms with van der Waals surface area (Å²) in [6.45, 7) is 2.52. The van der Waals surface area contributed by atoms with Gasteiger partial charge in [0.1, 0.15) is 12.1 Å². The van der Waals surface area contributed by atoms with Crippen LogP contribution in [0, 0.1) is 0 Å². The number of aromatic carboxylic acids is 1. The van der Waals surface area contributed by atoms with Crippen LogP contribution >= 0.6 is 23.2 Å². The van der Waals surface area contributed by atoms with E-state index in [0.717, 1.165) is 0 Å². The van der Waals surface area contributed by atoms with Crippen molar-refractivity contribution in [1.82, 2.24) is 19.6 Å². The van der Waals surface area contributed by atoms with E-state index in [1.807, 2.05) is 6.92 Å². The number of hydrogen-bond donors (Lipinski definition) is 1. The van der Waals surface area contributed by atoms with Crippen LogP contribution in [-0.2, 0) is 13.1 Å². The van der Waals surface area contributed by atoms with Crippen LogP contribution < -0.4 is 5.43 Å². The highest BCUT2D eigenvalue weighted by atomic mass is 35.5. The molecule has 0 radical (unpaired) electrons. The molecule has 0 aliphatic rings. The minimum absolute atomic E-state index is 0.226. The Morgan fingerprint density at radius 1 is 1.15 bits per heavy atom. The number of benzene rings is 1. The van der Waals surface area contributed by atoms with Crippen molar-refractivity contribution < 1.29 is 9.90 Å². The molecule has 0 bridgehead atoms. The van der Waals surface area contributed by atoms with Crippen molar-refractivity contribution in [2.75, 3.05) is 0 Å². The van der Waals surface area contributed by atoms with Crippen molar-refractivity contribution in [3.63, 3.8) is 0 Å². The minimum Gasteiger partial charge on any atom is -0.477 e. The lowest BCUT2D eigenvalue weighted by molar-refractivity contribution is 0.0695. The van der Waals surface area contributed by atoms with Crippen LogP contribution in [0.3, 0.4) is 0 Å². The molecule has 0 saturated heterocycles. The van der Waals surface area contributed by atoms with Crippen molar-refractivity contribution in [2.24, 2.45) is 0 Å². The fourth-order valence-electron chi connectivity index (χ4n) is 2.81. The predicted molar refractivity (Wildman–Crippen MR) is 97.9 cm³/mol. The molecular weight excluding hydrogens is 379 g/mol. The van der Waals surface area contributed by atoms with Gasteiger partial charge in [-0.25, -0.2) is 4.79 Å². The predicted octanol–water partition coefficient (Wildman–Crippen LogP) is 3.18. The van der Waals surface area contributed by atoms with E-state index < -0.39 is 11.4 Å². The molecule has 0 amide bonds. The maximum Gasteiger partial charge on any atom is 0.341 e. The molecule has 134 valence electrons. The van der Waals surface area contributed by atoms with Crippen LogP contribution in [0.4, 0.5) is 0 Å². The molecule has 3 rings (SSSR count). The summed E-state index contributed by atoms with van der Waals surface area (Å²) in [6.07, 6.45) is 3.06. The zero-order valence-electron chi connectivity index (χ0n) is 13.7. The van der Waals surface area contributed by atoms with Crippen LogP contribution in [0.2, 0.25) is 10.0 Å². The molecule has 0 spiro atoms. The Hall–Kier alpha value is -2.64. The van der Waals surface area contributed by atoms with Gasteiger partial charge in [-0.15, -0.1) is 0 Å².